The highest BCUT2D eigenvalue weighted by Gasteiger charge is 2.33. The summed E-state index contributed by atoms with van der Waals surface area (Å²) in [5.41, 5.74) is 2.60. The third kappa shape index (κ3) is 2.17. The molecule has 0 spiro atoms. The lowest BCUT2D eigenvalue weighted by Gasteiger charge is -2.30. The van der Waals surface area contributed by atoms with Crippen LogP contribution in [-0.4, -0.2) is 31.8 Å². The van der Waals surface area contributed by atoms with Gasteiger partial charge in [0.1, 0.15) is 17.3 Å². The van der Waals surface area contributed by atoms with Crippen molar-refractivity contribution in [2.24, 2.45) is 0 Å². The predicted molar refractivity (Wildman–Crippen MR) is 79.3 cm³/mol. The summed E-state index contributed by atoms with van der Waals surface area (Å²) < 4.78 is 32.9. The van der Waals surface area contributed by atoms with E-state index in [0.29, 0.717) is 36.0 Å². The maximum atomic E-state index is 13.0. The third-order valence-corrected chi connectivity index (χ3v) is 5.62. The van der Waals surface area contributed by atoms with E-state index in [2.05, 4.69) is 10.2 Å². The van der Waals surface area contributed by atoms with Crippen molar-refractivity contribution >= 4 is 15.7 Å². The van der Waals surface area contributed by atoms with Gasteiger partial charge in [-0.15, -0.1) is 0 Å². The SMILES string of the molecule is Cc1ccc2c(c1)N(S(=O)(=O)c1c(C)n[nH]c1C)CCO2. The summed E-state index contributed by atoms with van der Waals surface area (Å²) in [5.74, 6) is 0.592. The van der Waals surface area contributed by atoms with Gasteiger partial charge in [-0.1, -0.05) is 6.07 Å². The van der Waals surface area contributed by atoms with Crippen molar-refractivity contribution in [2.75, 3.05) is 17.5 Å². The second-order valence-corrected chi connectivity index (χ2v) is 6.96. The molecule has 6 nitrogen and oxygen atoms in total. The molecule has 0 amide bonds. The van der Waals surface area contributed by atoms with Gasteiger partial charge in [0.05, 0.1) is 23.6 Å². The number of H-pyrrole nitrogens is 1. The molecule has 21 heavy (non-hydrogen) atoms. The van der Waals surface area contributed by atoms with E-state index < -0.39 is 10.0 Å². The van der Waals surface area contributed by atoms with Gasteiger partial charge in [-0.25, -0.2) is 8.42 Å². The second-order valence-electron chi connectivity index (χ2n) is 5.16. The van der Waals surface area contributed by atoms with E-state index in [1.807, 2.05) is 19.1 Å². The Morgan fingerprint density at radius 2 is 2.05 bits per heavy atom. The first-order valence-electron chi connectivity index (χ1n) is 6.69. The number of nitrogens with one attached hydrogen (secondary N) is 1. The van der Waals surface area contributed by atoms with Crippen molar-refractivity contribution in [3.63, 3.8) is 0 Å². The Kier molecular flexibility index (Phi) is 3.16. The molecule has 0 atom stereocenters. The van der Waals surface area contributed by atoms with E-state index in [-0.39, 0.29) is 4.90 Å². The summed E-state index contributed by atoms with van der Waals surface area (Å²) in [6.07, 6.45) is 0. The first-order chi connectivity index (χ1) is 9.91. The van der Waals surface area contributed by atoms with Crippen LogP contribution in [0.1, 0.15) is 17.0 Å². The fourth-order valence-electron chi connectivity index (χ4n) is 2.58. The molecule has 1 aromatic carbocycles. The van der Waals surface area contributed by atoms with Crippen molar-refractivity contribution in [1.29, 1.82) is 0 Å². The molecule has 1 N–H and O–H groups in total. The molecule has 1 aromatic heterocycles. The Bertz CT molecular complexity index is 776. The summed E-state index contributed by atoms with van der Waals surface area (Å²) in [4.78, 5) is 0.247. The summed E-state index contributed by atoms with van der Waals surface area (Å²) in [5, 5.41) is 6.72. The first kappa shape index (κ1) is 13.9. The maximum absolute atomic E-state index is 13.0. The van der Waals surface area contributed by atoms with Gasteiger partial charge in [0.15, 0.2) is 0 Å². The number of benzene rings is 1. The van der Waals surface area contributed by atoms with Gasteiger partial charge < -0.3 is 4.74 Å². The van der Waals surface area contributed by atoms with Gasteiger partial charge in [-0.05, 0) is 38.5 Å². The monoisotopic (exact) mass is 307 g/mol. The molecule has 0 aliphatic carbocycles. The molecule has 0 radical (unpaired) electrons. The van der Waals surface area contributed by atoms with E-state index in [9.17, 15) is 8.42 Å². The van der Waals surface area contributed by atoms with Crippen LogP contribution in [-0.2, 0) is 10.0 Å². The molecule has 0 saturated carbocycles. The molecule has 0 unspecified atom stereocenters. The molecule has 1 aliphatic rings. The topological polar surface area (TPSA) is 75.3 Å². The smallest absolute Gasteiger partial charge is 0.268 e. The predicted octanol–water partition coefficient (Wildman–Crippen LogP) is 1.92. The van der Waals surface area contributed by atoms with Gasteiger partial charge in [-0.3, -0.25) is 9.40 Å². The van der Waals surface area contributed by atoms with E-state index >= 15 is 0 Å². The number of hydrogen-bond donors (Lipinski definition) is 1. The minimum atomic E-state index is -3.65. The summed E-state index contributed by atoms with van der Waals surface area (Å²) in [7, 11) is -3.65. The number of aryl methyl sites for hydroxylation is 3. The van der Waals surface area contributed by atoms with Crippen LogP contribution in [0, 0.1) is 20.8 Å². The molecule has 1 aliphatic heterocycles. The van der Waals surface area contributed by atoms with Gasteiger partial charge >= 0.3 is 0 Å². The molecule has 2 aromatic rings. The van der Waals surface area contributed by atoms with Gasteiger partial charge in [0.25, 0.3) is 10.0 Å². The zero-order valence-corrected chi connectivity index (χ0v) is 13.0. The number of fused-ring (bicyclic) bond motifs is 1. The fourth-order valence-corrected chi connectivity index (χ4v) is 4.37. The standard InChI is InChI=1S/C14H17N3O3S/c1-9-4-5-13-12(8-9)17(6-7-20-13)21(18,19)14-10(2)15-16-11(14)3/h4-5,8H,6-7H2,1-3H3,(H,15,16). The number of aromatic nitrogens is 2. The highest BCUT2D eigenvalue weighted by molar-refractivity contribution is 7.93. The highest BCUT2D eigenvalue weighted by Crippen LogP contribution is 2.36. The third-order valence-electron chi connectivity index (χ3n) is 3.54. The van der Waals surface area contributed by atoms with Crippen LogP contribution in [0.2, 0.25) is 0 Å². The Morgan fingerprint density at radius 1 is 1.29 bits per heavy atom. The van der Waals surface area contributed by atoms with E-state index in [1.165, 1.54) is 4.31 Å². The number of ether oxygens (including phenoxy) is 1. The summed E-state index contributed by atoms with van der Waals surface area (Å²) >= 11 is 0. The van der Waals surface area contributed by atoms with Crippen molar-refractivity contribution in [3.05, 3.63) is 35.2 Å². The lowest BCUT2D eigenvalue weighted by Crippen LogP contribution is -2.38. The minimum Gasteiger partial charge on any atom is -0.489 e. The Hall–Kier alpha value is -2.02. The van der Waals surface area contributed by atoms with Crippen LogP contribution >= 0.6 is 0 Å². The zero-order valence-electron chi connectivity index (χ0n) is 12.2. The van der Waals surface area contributed by atoms with Crippen LogP contribution in [0.15, 0.2) is 23.1 Å². The van der Waals surface area contributed by atoms with Crippen LogP contribution in [0.3, 0.4) is 0 Å². The Morgan fingerprint density at radius 3 is 2.71 bits per heavy atom. The molecule has 3 rings (SSSR count). The van der Waals surface area contributed by atoms with Crippen molar-refractivity contribution < 1.29 is 13.2 Å². The molecule has 0 fully saturated rings. The largest absolute Gasteiger partial charge is 0.489 e. The molecular formula is C14H17N3O3S. The van der Waals surface area contributed by atoms with Crippen molar-refractivity contribution in [3.8, 4) is 5.75 Å². The van der Waals surface area contributed by atoms with E-state index in [4.69, 9.17) is 4.74 Å². The summed E-state index contributed by atoms with van der Waals surface area (Å²) in [6.45, 7) is 5.96. The van der Waals surface area contributed by atoms with Gasteiger partial charge in [-0.2, -0.15) is 5.10 Å². The molecule has 112 valence electrons. The number of nitrogens with zero attached hydrogens (tertiary/aromatic N) is 2. The molecule has 0 bridgehead atoms. The first-order valence-corrected chi connectivity index (χ1v) is 8.13. The van der Waals surface area contributed by atoms with Crippen LogP contribution in [0.4, 0.5) is 5.69 Å². The second kappa shape index (κ2) is 4.77. The number of aromatic amines is 1. The average molecular weight is 307 g/mol. The van der Waals surface area contributed by atoms with Gasteiger partial charge in [0.2, 0.25) is 0 Å². The zero-order chi connectivity index (χ0) is 15.2. The number of rotatable bonds is 2. The lowest BCUT2D eigenvalue weighted by molar-refractivity contribution is 0.315. The van der Waals surface area contributed by atoms with Crippen LogP contribution < -0.4 is 9.04 Å². The van der Waals surface area contributed by atoms with Crippen LogP contribution in [0.5, 0.6) is 5.75 Å². The number of anilines is 1. The quantitative estimate of drug-likeness (QED) is 0.920. The van der Waals surface area contributed by atoms with Crippen molar-refractivity contribution in [2.45, 2.75) is 25.7 Å². The van der Waals surface area contributed by atoms with Crippen LogP contribution in [0.25, 0.3) is 0 Å². The van der Waals surface area contributed by atoms with E-state index in [1.54, 1.807) is 19.9 Å². The molecule has 2 heterocycles. The lowest BCUT2D eigenvalue weighted by atomic mass is 10.2. The number of sulfonamides is 1. The van der Waals surface area contributed by atoms with Gasteiger partial charge in [0, 0.05) is 0 Å². The molecule has 7 heteroatoms. The van der Waals surface area contributed by atoms with E-state index in [0.717, 1.165) is 5.56 Å². The maximum Gasteiger partial charge on any atom is 0.268 e. The Labute approximate surface area is 123 Å². The molecular weight excluding hydrogens is 290 g/mol. The average Bonchev–Trinajstić information content (AvgIpc) is 2.77. The molecule has 0 saturated heterocycles. The van der Waals surface area contributed by atoms with Crippen molar-refractivity contribution in [1.82, 2.24) is 10.2 Å². The highest BCUT2D eigenvalue weighted by atomic mass is 32.2. The fraction of sp³-hybridized carbons (Fsp3) is 0.357. The Balaban J connectivity index is 2.16. The minimum absolute atomic E-state index is 0.247. The normalized spacial score (nSPS) is 14.7. The summed E-state index contributed by atoms with van der Waals surface area (Å²) in [6, 6.07) is 5.54. The number of hydrogen-bond acceptors (Lipinski definition) is 4.